The third-order valence-electron chi connectivity index (χ3n) is 4.30. The average Bonchev–Trinajstić information content (AvgIpc) is 2.65. The van der Waals surface area contributed by atoms with Gasteiger partial charge in [0.15, 0.2) is 9.84 Å². The summed E-state index contributed by atoms with van der Waals surface area (Å²) < 4.78 is 23.4. The van der Waals surface area contributed by atoms with Crippen LogP contribution in [0.3, 0.4) is 0 Å². The summed E-state index contributed by atoms with van der Waals surface area (Å²) in [6.07, 6.45) is 1.07. The highest BCUT2D eigenvalue weighted by molar-refractivity contribution is 7.90. The second kappa shape index (κ2) is 10.3. The van der Waals surface area contributed by atoms with Gasteiger partial charge < -0.3 is 10.6 Å². The lowest BCUT2D eigenvalue weighted by Crippen LogP contribution is -2.38. The SMILES string of the molecule is CCN(CC(=O)Nc1cc(Cl)ccc1C)CC(=O)Nc1cc(S(C)(=O)=O)ccc1Cl. The number of aryl methyl sites for hydroxylation is 1. The minimum absolute atomic E-state index is 0.00696. The van der Waals surface area contributed by atoms with Crippen molar-refractivity contribution in [2.75, 3.05) is 36.5 Å². The van der Waals surface area contributed by atoms with Gasteiger partial charge in [-0.15, -0.1) is 0 Å². The lowest BCUT2D eigenvalue weighted by molar-refractivity contribution is -0.119. The number of nitrogens with one attached hydrogen (secondary N) is 2. The zero-order valence-electron chi connectivity index (χ0n) is 16.8. The van der Waals surface area contributed by atoms with Crippen molar-refractivity contribution in [3.05, 3.63) is 52.0 Å². The maximum atomic E-state index is 12.4. The van der Waals surface area contributed by atoms with Crippen molar-refractivity contribution in [2.24, 2.45) is 0 Å². The molecular formula is C20H23Cl2N3O4S. The van der Waals surface area contributed by atoms with Crippen LogP contribution in [0.1, 0.15) is 12.5 Å². The van der Waals surface area contributed by atoms with E-state index in [0.717, 1.165) is 11.8 Å². The van der Waals surface area contributed by atoms with Crippen LogP contribution in [-0.2, 0) is 19.4 Å². The van der Waals surface area contributed by atoms with Gasteiger partial charge in [0, 0.05) is 17.0 Å². The number of hydrogen-bond donors (Lipinski definition) is 2. The zero-order chi connectivity index (χ0) is 22.5. The molecule has 0 aliphatic rings. The number of hydrogen-bond acceptors (Lipinski definition) is 5. The Morgan fingerprint density at radius 1 is 0.967 bits per heavy atom. The van der Waals surface area contributed by atoms with Gasteiger partial charge in [-0.1, -0.05) is 36.2 Å². The molecule has 0 aliphatic heterocycles. The maximum Gasteiger partial charge on any atom is 0.238 e. The van der Waals surface area contributed by atoms with Crippen LogP contribution in [-0.4, -0.2) is 51.0 Å². The summed E-state index contributed by atoms with van der Waals surface area (Å²) in [4.78, 5) is 26.5. The van der Waals surface area contributed by atoms with Gasteiger partial charge in [0.2, 0.25) is 11.8 Å². The summed E-state index contributed by atoms with van der Waals surface area (Å²) >= 11 is 12.0. The Balaban J connectivity index is 2.01. The molecular weight excluding hydrogens is 449 g/mol. The van der Waals surface area contributed by atoms with Gasteiger partial charge in [-0.25, -0.2) is 8.42 Å². The summed E-state index contributed by atoms with van der Waals surface area (Å²) in [6.45, 7) is 4.05. The largest absolute Gasteiger partial charge is 0.325 e. The molecule has 0 spiro atoms. The van der Waals surface area contributed by atoms with Crippen LogP contribution in [0.2, 0.25) is 10.0 Å². The second-order valence-electron chi connectivity index (χ2n) is 6.77. The molecule has 2 aromatic carbocycles. The summed E-state index contributed by atoms with van der Waals surface area (Å²) in [5, 5.41) is 6.11. The van der Waals surface area contributed by atoms with Gasteiger partial charge in [-0.3, -0.25) is 14.5 Å². The lowest BCUT2D eigenvalue weighted by Gasteiger charge is -2.20. The molecule has 2 N–H and O–H groups in total. The molecule has 7 nitrogen and oxygen atoms in total. The van der Waals surface area contributed by atoms with E-state index in [-0.39, 0.29) is 34.6 Å². The van der Waals surface area contributed by atoms with Gasteiger partial charge in [-0.05, 0) is 49.4 Å². The van der Waals surface area contributed by atoms with Crippen LogP contribution in [0.15, 0.2) is 41.3 Å². The Kier molecular flexibility index (Phi) is 8.25. The Labute approximate surface area is 186 Å². The van der Waals surface area contributed by atoms with E-state index in [9.17, 15) is 18.0 Å². The Bertz CT molecular complexity index is 1060. The molecule has 0 fully saturated rings. The summed E-state index contributed by atoms with van der Waals surface area (Å²) in [7, 11) is -3.44. The van der Waals surface area contributed by atoms with E-state index >= 15 is 0 Å². The number of nitrogens with zero attached hydrogens (tertiary/aromatic N) is 1. The van der Waals surface area contributed by atoms with Crippen molar-refractivity contribution < 1.29 is 18.0 Å². The van der Waals surface area contributed by atoms with E-state index in [0.29, 0.717) is 17.3 Å². The fourth-order valence-corrected chi connectivity index (χ4v) is 3.61. The first-order valence-corrected chi connectivity index (χ1v) is 11.7. The number of likely N-dealkylation sites (N-methyl/N-ethyl adjacent to an activating group) is 1. The molecule has 0 atom stereocenters. The second-order valence-corrected chi connectivity index (χ2v) is 9.63. The van der Waals surface area contributed by atoms with Crippen LogP contribution in [0.4, 0.5) is 11.4 Å². The van der Waals surface area contributed by atoms with Crippen molar-refractivity contribution in [3.8, 4) is 0 Å². The van der Waals surface area contributed by atoms with Crippen molar-refractivity contribution in [2.45, 2.75) is 18.7 Å². The third-order valence-corrected chi connectivity index (χ3v) is 5.97. The molecule has 0 radical (unpaired) electrons. The molecule has 0 unspecified atom stereocenters. The van der Waals surface area contributed by atoms with Crippen molar-refractivity contribution in [1.29, 1.82) is 0 Å². The van der Waals surface area contributed by atoms with Crippen LogP contribution in [0.25, 0.3) is 0 Å². The molecule has 2 rings (SSSR count). The number of rotatable bonds is 8. The highest BCUT2D eigenvalue weighted by Crippen LogP contribution is 2.25. The van der Waals surface area contributed by atoms with Gasteiger partial charge in [0.1, 0.15) is 0 Å². The molecule has 0 heterocycles. The van der Waals surface area contributed by atoms with Gasteiger partial charge in [0.05, 0.1) is 28.7 Å². The first-order chi connectivity index (χ1) is 14.0. The van der Waals surface area contributed by atoms with E-state index in [2.05, 4.69) is 10.6 Å². The maximum absolute atomic E-state index is 12.4. The van der Waals surface area contributed by atoms with E-state index in [1.165, 1.54) is 18.2 Å². The van der Waals surface area contributed by atoms with Gasteiger partial charge >= 0.3 is 0 Å². The Morgan fingerprint density at radius 3 is 2.13 bits per heavy atom. The molecule has 2 aromatic rings. The fourth-order valence-electron chi connectivity index (χ4n) is 2.62. The third kappa shape index (κ3) is 6.98. The molecule has 0 saturated heterocycles. The summed E-state index contributed by atoms with van der Waals surface area (Å²) in [5.41, 5.74) is 1.67. The molecule has 0 aliphatic carbocycles. The van der Waals surface area contributed by atoms with E-state index in [1.807, 2.05) is 13.8 Å². The molecule has 0 bridgehead atoms. The molecule has 162 valence electrons. The number of sulfone groups is 1. The fraction of sp³-hybridized carbons (Fsp3) is 0.300. The highest BCUT2D eigenvalue weighted by atomic mass is 35.5. The highest BCUT2D eigenvalue weighted by Gasteiger charge is 2.16. The van der Waals surface area contributed by atoms with Crippen molar-refractivity contribution >= 4 is 56.2 Å². The van der Waals surface area contributed by atoms with E-state index < -0.39 is 15.7 Å². The first kappa shape index (κ1) is 24.1. The monoisotopic (exact) mass is 471 g/mol. The minimum Gasteiger partial charge on any atom is -0.325 e. The quantitative estimate of drug-likeness (QED) is 0.612. The van der Waals surface area contributed by atoms with Crippen LogP contribution < -0.4 is 10.6 Å². The van der Waals surface area contributed by atoms with Crippen molar-refractivity contribution in [1.82, 2.24) is 4.90 Å². The van der Waals surface area contributed by atoms with Crippen LogP contribution in [0.5, 0.6) is 0 Å². The smallest absolute Gasteiger partial charge is 0.238 e. The summed E-state index contributed by atoms with van der Waals surface area (Å²) in [6, 6.07) is 9.28. The van der Waals surface area contributed by atoms with Crippen LogP contribution in [0, 0.1) is 6.92 Å². The van der Waals surface area contributed by atoms with Gasteiger partial charge in [-0.2, -0.15) is 0 Å². The van der Waals surface area contributed by atoms with Gasteiger partial charge in [0.25, 0.3) is 0 Å². The van der Waals surface area contributed by atoms with Crippen molar-refractivity contribution in [3.63, 3.8) is 0 Å². The topological polar surface area (TPSA) is 95.6 Å². The minimum atomic E-state index is -3.44. The average molecular weight is 472 g/mol. The Morgan fingerprint density at radius 2 is 1.57 bits per heavy atom. The number of carbonyl (C=O) groups excluding carboxylic acids is 2. The van der Waals surface area contributed by atoms with E-state index in [1.54, 1.807) is 23.1 Å². The molecule has 10 heteroatoms. The normalized spacial score (nSPS) is 11.4. The molecule has 2 amide bonds. The molecule has 0 saturated carbocycles. The number of amides is 2. The van der Waals surface area contributed by atoms with E-state index in [4.69, 9.17) is 23.2 Å². The predicted molar refractivity (Wildman–Crippen MR) is 120 cm³/mol. The number of carbonyl (C=O) groups is 2. The Hall–Kier alpha value is -2.13. The molecule has 30 heavy (non-hydrogen) atoms. The number of anilines is 2. The number of halogens is 2. The first-order valence-electron chi connectivity index (χ1n) is 9.07. The number of benzene rings is 2. The molecule has 0 aromatic heterocycles. The zero-order valence-corrected chi connectivity index (χ0v) is 19.2. The lowest BCUT2D eigenvalue weighted by atomic mass is 10.2. The summed E-state index contributed by atoms with van der Waals surface area (Å²) in [5.74, 6) is -0.705. The predicted octanol–water partition coefficient (Wildman–Crippen LogP) is 3.60. The standard InChI is InChI=1S/C20H23Cl2N3O4S/c1-4-25(11-19(26)23-17-9-14(21)6-5-13(17)2)12-20(27)24-18-10-15(30(3,28)29)7-8-16(18)22/h5-10H,4,11-12H2,1-3H3,(H,23,26)(H,24,27). The van der Waals surface area contributed by atoms with Crippen LogP contribution >= 0.6 is 23.2 Å².